The molecule has 0 radical (unpaired) electrons. The summed E-state index contributed by atoms with van der Waals surface area (Å²) in [5.41, 5.74) is 8.82. The summed E-state index contributed by atoms with van der Waals surface area (Å²) in [4.78, 5) is 46.4. The maximum absolute atomic E-state index is 12.3. The summed E-state index contributed by atoms with van der Waals surface area (Å²) in [6.45, 7) is 1.62. The maximum atomic E-state index is 12.3. The van der Waals surface area contributed by atoms with E-state index in [1.807, 2.05) is 0 Å². The molecule has 0 bridgehead atoms. The van der Waals surface area contributed by atoms with Gasteiger partial charge in [0.1, 0.15) is 6.54 Å². The monoisotopic (exact) mass is 332 g/mol. The van der Waals surface area contributed by atoms with E-state index in [2.05, 4.69) is 21.3 Å². The van der Waals surface area contributed by atoms with Gasteiger partial charge in [-0.05, 0) is 13.0 Å². The molecule has 0 saturated carbocycles. The summed E-state index contributed by atoms with van der Waals surface area (Å²) in [6.07, 6.45) is 0. The Labute approximate surface area is 136 Å². The number of rotatable bonds is 4. The lowest BCUT2D eigenvalue weighted by molar-refractivity contribution is -0.120. The zero-order valence-corrected chi connectivity index (χ0v) is 12.8. The lowest BCUT2D eigenvalue weighted by atomic mass is 10.1. The summed E-state index contributed by atoms with van der Waals surface area (Å²) >= 11 is 0. The third kappa shape index (κ3) is 3.66. The molecule has 1 aromatic heterocycles. The third-order valence-electron chi connectivity index (χ3n) is 3.12. The number of urea groups is 1. The number of benzene rings is 1. The minimum absolute atomic E-state index is 0.00443. The van der Waals surface area contributed by atoms with Crippen molar-refractivity contribution in [1.29, 1.82) is 0 Å². The van der Waals surface area contributed by atoms with Crippen LogP contribution in [0, 0.1) is 0 Å². The van der Waals surface area contributed by atoms with Gasteiger partial charge in [-0.25, -0.2) is 9.48 Å². The number of primary amides is 1. The van der Waals surface area contributed by atoms with Crippen LogP contribution in [-0.4, -0.2) is 34.2 Å². The van der Waals surface area contributed by atoms with Crippen molar-refractivity contribution in [3.63, 3.8) is 0 Å². The van der Waals surface area contributed by atoms with Gasteiger partial charge in [-0.1, -0.05) is 18.2 Å². The van der Waals surface area contributed by atoms with Gasteiger partial charge in [0, 0.05) is 11.9 Å². The van der Waals surface area contributed by atoms with Gasteiger partial charge in [-0.3, -0.25) is 25.2 Å². The Hall–Kier alpha value is -3.43. The van der Waals surface area contributed by atoms with E-state index in [0.29, 0.717) is 17.3 Å². The third-order valence-corrected chi connectivity index (χ3v) is 3.12. The van der Waals surface area contributed by atoms with E-state index in [9.17, 15) is 19.2 Å². The van der Waals surface area contributed by atoms with Gasteiger partial charge in [-0.2, -0.15) is 5.10 Å². The van der Waals surface area contributed by atoms with Crippen LogP contribution in [0.5, 0.6) is 0 Å². The molecular formula is C14H16N6O4. The second-order valence-electron chi connectivity index (χ2n) is 4.74. The molecule has 24 heavy (non-hydrogen) atoms. The highest BCUT2D eigenvalue weighted by atomic mass is 16.2. The molecule has 0 aliphatic heterocycles. The molecule has 126 valence electrons. The fraction of sp³-hybridized carbons (Fsp3) is 0.214. The van der Waals surface area contributed by atoms with Crippen LogP contribution in [0.25, 0.3) is 10.8 Å². The average Bonchev–Trinajstić information content (AvgIpc) is 2.58. The smallest absolute Gasteiger partial charge is 0.312 e. The van der Waals surface area contributed by atoms with Crippen molar-refractivity contribution in [2.45, 2.75) is 13.5 Å². The number of carbonyl (C=O) groups is 3. The fourth-order valence-corrected chi connectivity index (χ4v) is 2.01. The van der Waals surface area contributed by atoms with Crippen LogP contribution < -0.4 is 27.5 Å². The van der Waals surface area contributed by atoms with Crippen molar-refractivity contribution in [2.24, 2.45) is 5.73 Å². The number of hydrazine groups is 1. The van der Waals surface area contributed by atoms with Crippen molar-refractivity contribution < 1.29 is 14.4 Å². The van der Waals surface area contributed by atoms with E-state index in [-0.39, 0.29) is 11.3 Å². The number of aromatic nitrogens is 2. The van der Waals surface area contributed by atoms with Gasteiger partial charge in [0.25, 0.3) is 17.4 Å². The normalized spacial score (nSPS) is 10.2. The second kappa shape index (κ2) is 7.22. The van der Waals surface area contributed by atoms with Crippen molar-refractivity contribution in [3.8, 4) is 0 Å². The van der Waals surface area contributed by atoms with Crippen molar-refractivity contribution in [3.05, 3.63) is 40.3 Å². The number of fused-ring (bicyclic) bond motifs is 1. The van der Waals surface area contributed by atoms with Crippen LogP contribution in [0.3, 0.4) is 0 Å². The van der Waals surface area contributed by atoms with E-state index < -0.39 is 24.4 Å². The average molecular weight is 332 g/mol. The van der Waals surface area contributed by atoms with Crippen LogP contribution in [-0.2, 0) is 11.3 Å². The quantitative estimate of drug-likeness (QED) is 0.521. The number of hydrogen-bond acceptors (Lipinski definition) is 5. The van der Waals surface area contributed by atoms with E-state index in [1.165, 1.54) is 0 Å². The molecule has 2 aromatic rings. The van der Waals surface area contributed by atoms with Gasteiger partial charge >= 0.3 is 6.03 Å². The molecular weight excluding hydrogens is 316 g/mol. The number of amides is 4. The van der Waals surface area contributed by atoms with Gasteiger partial charge in [0.2, 0.25) is 0 Å². The van der Waals surface area contributed by atoms with Crippen LogP contribution in [0.1, 0.15) is 17.4 Å². The van der Waals surface area contributed by atoms with E-state index >= 15 is 0 Å². The van der Waals surface area contributed by atoms with Gasteiger partial charge < -0.3 is 11.1 Å². The predicted octanol–water partition coefficient (Wildman–Crippen LogP) is -1.15. The number of carbonyl (C=O) groups excluding carboxylic acids is 3. The zero-order valence-electron chi connectivity index (χ0n) is 12.8. The number of hydrogen-bond donors (Lipinski definition) is 4. The summed E-state index contributed by atoms with van der Waals surface area (Å²) in [6, 6.07) is 5.68. The highest BCUT2D eigenvalue weighted by Gasteiger charge is 2.16. The molecule has 0 spiro atoms. The second-order valence-corrected chi connectivity index (χ2v) is 4.74. The largest absolute Gasteiger partial charge is 0.352 e. The molecule has 0 fully saturated rings. The predicted molar refractivity (Wildman–Crippen MR) is 84.9 cm³/mol. The molecule has 10 heteroatoms. The highest BCUT2D eigenvalue weighted by molar-refractivity contribution is 6.05. The van der Waals surface area contributed by atoms with Crippen molar-refractivity contribution in [2.75, 3.05) is 6.54 Å². The first-order valence-electron chi connectivity index (χ1n) is 7.06. The van der Waals surface area contributed by atoms with E-state index in [4.69, 9.17) is 5.73 Å². The lowest BCUT2D eigenvalue weighted by Crippen LogP contribution is -2.47. The molecule has 0 aliphatic rings. The number of aryl methyl sites for hydroxylation is 1. The van der Waals surface area contributed by atoms with Gasteiger partial charge in [-0.15, -0.1) is 0 Å². The summed E-state index contributed by atoms with van der Waals surface area (Å²) in [7, 11) is 0. The first-order valence-corrected chi connectivity index (χ1v) is 7.06. The van der Waals surface area contributed by atoms with Crippen LogP contribution in [0.15, 0.2) is 29.1 Å². The Morgan fingerprint density at radius 3 is 2.46 bits per heavy atom. The minimum Gasteiger partial charge on any atom is -0.352 e. The number of nitrogens with one attached hydrogen (secondary N) is 3. The fourth-order valence-electron chi connectivity index (χ4n) is 2.01. The van der Waals surface area contributed by atoms with Crippen LogP contribution in [0.4, 0.5) is 4.79 Å². The Kier molecular flexibility index (Phi) is 5.09. The first-order chi connectivity index (χ1) is 11.4. The standard InChI is InChI=1S/C14H16N6O4/c1-2-20-13(23)9-6-4-3-5-8(9)11(19-20)12(22)18-17-10(21)7-16-14(15)24/h3-6H,2,7H2,1H3,(H,17,21)(H,18,22)(H3,15,16,24). The molecule has 1 heterocycles. The van der Waals surface area contributed by atoms with E-state index in [0.717, 1.165) is 4.68 Å². The molecule has 1 aromatic carbocycles. The molecule has 0 atom stereocenters. The SMILES string of the molecule is CCn1nc(C(=O)NNC(=O)CNC(N)=O)c2ccccc2c1=O. The first kappa shape index (κ1) is 16.9. The lowest BCUT2D eigenvalue weighted by Gasteiger charge is -2.11. The van der Waals surface area contributed by atoms with Crippen LogP contribution >= 0.6 is 0 Å². The van der Waals surface area contributed by atoms with Crippen molar-refractivity contribution >= 4 is 28.6 Å². The maximum Gasteiger partial charge on any atom is 0.312 e. The highest BCUT2D eigenvalue weighted by Crippen LogP contribution is 2.12. The Morgan fingerprint density at radius 2 is 1.83 bits per heavy atom. The molecule has 4 amide bonds. The number of nitrogens with zero attached hydrogens (tertiary/aromatic N) is 2. The Bertz CT molecular complexity index is 860. The van der Waals surface area contributed by atoms with Crippen molar-refractivity contribution in [1.82, 2.24) is 25.9 Å². The summed E-state index contributed by atoms with van der Waals surface area (Å²) in [5.74, 6) is -1.36. The molecule has 5 N–H and O–H groups in total. The molecule has 0 saturated heterocycles. The topological polar surface area (TPSA) is 148 Å². The number of nitrogens with two attached hydrogens (primary N) is 1. The van der Waals surface area contributed by atoms with Crippen LogP contribution in [0.2, 0.25) is 0 Å². The Balaban J connectivity index is 2.23. The Morgan fingerprint density at radius 1 is 1.17 bits per heavy atom. The molecule has 0 unspecified atom stereocenters. The summed E-state index contributed by atoms with van der Waals surface area (Å²) in [5, 5.41) is 6.82. The zero-order chi connectivity index (χ0) is 17.7. The van der Waals surface area contributed by atoms with Gasteiger partial charge in [0.05, 0.1) is 5.39 Å². The molecule has 0 aliphatic carbocycles. The summed E-state index contributed by atoms with van der Waals surface area (Å²) < 4.78 is 1.16. The molecule has 10 nitrogen and oxygen atoms in total. The molecule has 2 rings (SSSR count). The van der Waals surface area contributed by atoms with E-state index in [1.54, 1.807) is 31.2 Å². The minimum atomic E-state index is -0.862. The van der Waals surface area contributed by atoms with Gasteiger partial charge in [0.15, 0.2) is 5.69 Å².